The molecule has 1 atom stereocenters. The molecule has 1 saturated heterocycles. The number of nitrogens with zero attached hydrogens (tertiary/aromatic N) is 1. The summed E-state index contributed by atoms with van der Waals surface area (Å²) in [5.74, 6) is -0.977. The first-order chi connectivity index (χ1) is 8.56. The largest absolute Gasteiger partial charge is 0.507 e. The normalized spacial score (nSPS) is 20.9. The van der Waals surface area contributed by atoms with E-state index in [1.165, 1.54) is 6.07 Å². The fraction of sp³-hybridized carbons (Fsp3) is 0.462. The zero-order valence-electron chi connectivity index (χ0n) is 10.2. The first-order valence-electron chi connectivity index (χ1n) is 5.92. The van der Waals surface area contributed by atoms with Crippen LogP contribution in [0.1, 0.15) is 17.3 Å². The number of rotatable bonds is 3. The Hall–Kier alpha value is -1.46. The number of carbonyl (C=O) groups is 1. The van der Waals surface area contributed by atoms with Crippen molar-refractivity contribution in [2.75, 3.05) is 26.2 Å². The maximum absolute atomic E-state index is 13.1. The minimum atomic E-state index is -0.522. The highest BCUT2D eigenvalue weighted by Crippen LogP contribution is 2.19. The Kier molecular flexibility index (Phi) is 3.93. The number of morpholine rings is 1. The maximum Gasteiger partial charge on any atom is 0.180 e. The lowest BCUT2D eigenvalue weighted by Gasteiger charge is -2.30. The van der Waals surface area contributed by atoms with Gasteiger partial charge in [-0.05, 0) is 25.1 Å². The molecule has 1 N–H and O–H groups in total. The van der Waals surface area contributed by atoms with Gasteiger partial charge < -0.3 is 9.84 Å². The molecule has 0 radical (unpaired) electrons. The van der Waals surface area contributed by atoms with E-state index in [9.17, 15) is 14.3 Å². The molecule has 1 fully saturated rings. The van der Waals surface area contributed by atoms with Crippen molar-refractivity contribution in [2.45, 2.75) is 13.0 Å². The van der Waals surface area contributed by atoms with Crippen LogP contribution in [0.3, 0.4) is 0 Å². The summed E-state index contributed by atoms with van der Waals surface area (Å²) in [6.45, 7) is 4.04. The third-order valence-electron chi connectivity index (χ3n) is 2.95. The second-order valence-electron chi connectivity index (χ2n) is 4.50. The lowest BCUT2D eigenvalue weighted by Crippen LogP contribution is -2.43. The molecule has 0 aromatic heterocycles. The lowest BCUT2D eigenvalue weighted by atomic mass is 10.1. The van der Waals surface area contributed by atoms with E-state index >= 15 is 0 Å². The molecule has 98 valence electrons. The SMILES string of the molecule is CC1CN(CC(=O)c2cc(F)ccc2O)CCO1. The highest BCUT2D eigenvalue weighted by atomic mass is 19.1. The van der Waals surface area contributed by atoms with Gasteiger partial charge in [0.2, 0.25) is 0 Å². The first kappa shape index (κ1) is 13.0. The number of hydrogen-bond donors (Lipinski definition) is 1. The van der Waals surface area contributed by atoms with Gasteiger partial charge in [0.15, 0.2) is 5.78 Å². The van der Waals surface area contributed by atoms with Crippen molar-refractivity contribution >= 4 is 5.78 Å². The van der Waals surface area contributed by atoms with Crippen LogP contribution in [0.4, 0.5) is 4.39 Å². The van der Waals surface area contributed by atoms with E-state index in [0.717, 1.165) is 12.1 Å². The van der Waals surface area contributed by atoms with Crippen LogP contribution in [-0.4, -0.2) is 48.1 Å². The van der Waals surface area contributed by atoms with Gasteiger partial charge in [-0.2, -0.15) is 0 Å². The van der Waals surface area contributed by atoms with E-state index in [1.807, 2.05) is 11.8 Å². The van der Waals surface area contributed by atoms with Crippen LogP contribution >= 0.6 is 0 Å². The number of ether oxygens (including phenoxy) is 1. The molecule has 0 bridgehead atoms. The van der Waals surface area contributed by atoms with Gasteiger partial charge in [0, 0.05) is 13.1 Å². The molecule has 2 rings (SSSR count). The predicted molar refractivity (Wildman–Crippen MR) is 64.2 cm³/mol. The maximum atomic E-state index is 13.1. The molecule has 1 aromatic rings. The Bertz CT molecular complexity index is 450. The zero-order valence-corrected chi connectivity index (χ0v) is 10.2. The number of phenols is 1. The fourth-order valence-corrected chi connectivity index (χ4v) is 2.05. The number of ketones is 1. The third kappa shape index (κ3) is 3.05. The van der Waals surface area contributed by atoms with E-state index in [-0.39, 0.29) is 29.7 Å². The Morgan fingerprint density at radius 2 is 2.39 bits per heavy atom. The topological polar surface area (TPSA) is 49.8 Å². The van der Waals surface area contributed by atoms with Crippen molar-refractivity contribution < 1.29 is 19.0 Å². The number of halogens is 1. The number of hydrogen-bond acceptors (Lipinski definition) is 4. The van der Waals surface area contributed by atoms with E-state index in [4.69, 9.17) is 4.74 Å². The Balaban J connectivity index is 2.05. The van der Waals surface area contributed by atoms with E-state index in [1.54, 1.807) is 0 Å². The van der Waals surface area contributed by atoms with Crippen molar-refractivity contribution in [3.63, 3.8) is 0 Å². The zero-order chi connectivity index (χ0) is 13.1. The van der Waals surface area contributed by atoms with Gasteiger partial charge in [-0.1, -0.05) is 0 Å². The number of phenolic OH excluding ortho intramolecular Hbond substituents is 1. The number of aromatic hydroxyl groups is 1. The molecule has 1 aliphatic rings. The second-order valence-corrected chi connectivity index (χ2v) is 4.50. The molecule has 0 aliphatic carbocycles. The minimum Gasteiger partial charge on any atom is -0.507 e. The van der Waals surface area contributed by atoms with Crippen molar-refractivity contribution in [1.82, 2.24) is 4.90 Å². The number of Topliss-reactive ketones (excluding diaryl/α,β-unsaturated/α-hetero) is 1. The standard InChI is InChI=1S/C13H16FNO3/c1-9-7-15(4-5-18-9)8-13(17)11-6-10(14)2-3-12(11)16/h2-3,6,9,16H,4-5,7-8H2,1H3. The van der Waals surface area contributed by atoms with Crippen LogP contribution in [0, 0.1) is 5.82 Å². The lowest BCUT2D eigenvalue weighted by molar-refractivity contribution is -0.0158. The molecular formula is C13H16FNO3. The highest BCUT2D eigenvalue weighted by molar-refractivity contribution is 6.00. The van der Waals surface area contributed by atoms with Gasteiger partial charge in [0.05, 0.1) is 24.8 Å². The van der Waals surface area contributed by atoms with Crippen molar-refractivity contribution in [2.24, 2.45) is 0 Å². The Morgan fingerprint density at radius 1 is 1.61 bits per heavy atom. The van der Waals surface area contributed by atoms with Gasteiger partial charge in [-0.25, -0.2) is 4.39 Å². The van der Waals surface area contributed by atoms with E-state index < -0.39 is 5.82 Å². The van der Waals surface area contributed by atoms with Crippen LogP contribution in [0.25, 0.3) is 0 Å². The number of carbonyl (C=O) groups excluding carboxylic acids is 1. The van der Waals surface area contributed by atoms with Crippen molar-refractivity contribution in [3.05, 3.63) is 29.6 Å². The van der Waals surface area contributed by atoms with Gasteiger partial charge >= 0.3 is 0 Å². The van der Waals surface area contributed by atoms with Gasteiger partial charge in [-0.15, -0.1) is 0 Å². The number of benzene rings is 1. The van der Waals surface area contributed by atoms with Crippen LogP contribution < -0.4 is 0 Å². The smallest absolute Gasteiger partial charge is 0.180 e. The monoisotopic (exact) mass is 253 g/mol. The van der Waals surface area contributed by atoms with Crippen LogP contribution in [0.5, 0.6) is 5.75 Å². The van der Waals surface area contributed by atoms with Gasteiger partial charge in [-0.3, -0.25) is 9.69 Å². The highest BCUT2D eigenvalue weighted by Gasteiger charge is 2.21. The summed E-state index contributed by atoms with van der Waals surface area (Å²) in [4.78, 5) is 13.9. The summed E-state index contributed by atoms with van der Waals surface area (Å²) in [5.41, 5.74) is 0.0362. The first-order valence-corrected chi connectivity index (χ1v) is 5.92. The van der Waals surface area contributed by atoms with E-state index in [2.05, 4.69) is 0 Å². The molecule has 0 saturated carbocycles. The Labute approximate surface area is 105 Å². The van der Waals surface area contributed by atoms with E-state index in [0.29, 0.717) is 19.7 Å². The minimum absolute atomic E-state index is 0.0362. The third-order valence-corrected chi connectivity index (χ3v) is 2.95. The summed E-state index contributed by atoms with van der Waals surface area (Å²) >= 11 is 0. The molecule has 1 heterocycles. The van der Waals surface area contributed by atoms with Crippen molar-refractivity contribution in [3.8, 4) is 5.75 Å². The molecule has 4 nitrogen and oxygen atoms in total. The molecule has 18 heavy (non-hydrogen) atoms. The van der Waals surface area contributed by atoms with Crippen LogP contribution in [0.15, 0.2) is 18.2 Å². The summed E-state index contributed by atoms with van der Waals surface area (Å²) in [7, 11) is 0. The molecule has 1 unspecified atom stereocenters. The van der Waals surface area contributed by atoms with Crippen LogP contribution in [0.2, 0.25) is 0 Å². The molecule has 1 aliphatic heterocycles. The van der Waals surface area contributed by atoms with Crippen LogP contribution in [-0.2, 0) is 4.74 Å². The second kappa shape index (κ2) is 5.46. The summed E-state index contributed by atoms with van der Waals surface area (Å²) in [5, 5.41) is 9.56. The quantitative estimate of drug-likeness (QED) is 0.828. The molecule has 0 amide bonds. The van der Waals surface area contributed by atoms with Gasteiger partial charge in [0.1, 0.15) is 11.6 Å². The van der Waals surface area contributed by atoms with Gasteiger partial charge in [0.25, 0.3) is 0 Å². The molecule has 0 spiro atoms. The predicted octanol–water partition coefficient (Wildman–Crippen LogP) is 1.43. The fourth-order valence-electron chi connectivity index (χ4n) is 2.05. The molecular weight excluding hydrogens is 237 g/mol. The van der Waals surface area contributed by atoms with Crippen molar-refractivity contribution in [1.29, 1.82) is 0 Å². The average Bonchev–Trinajstić information content (AvgIpc) is 2.32. The molecule has 1 aromatic carbocycles. The summed E-state index contributed by atoms with van der Waals surface area (Å²) in [6, 6.07) is 3.40. The summed E-state index contributed by atoms with van der Waals surface area (Å²) < 4.78 is 18.4. The summed E-state index contributed by atoms with van der Waals surface area (Å²) in [6.07, 6.45) is 0.0904. The average molecular weight is 253 g/mol. The Morgan fingerprint density at radius 3 is 3.11 bits per heavy atom. The molecule has 5 heteroatoms.